The molecule has 0 heterocycles. The molecule has 0 aliphatic heterocycles. The quantitative estimate of drug-likeness (QED) is 0.375. The molecule has 1 atom stereocenters. The van der Waals surface area contributed by atoms with E-state index in [0.29, 0.717) is 5.21 Å². The molecule has 5 heavy (non-hydrogen) atoms. The third-order valence-electron chi connectivity index (χ3n) is 0.150. The molecule has 0 aliphatic rings. The van der Waals surface area contributed by atoms with Crippen molar-refractivity contribution in [2.45, 2.75) is 0 Å². The van der Waals surface area contributed by atoms with Crippen molar-refractivity contribution in [2.24, 2.45) is 0 Å². The lowest BCUT2D eigenvalue weighted by Crippen LogP contribution is -1.83. The van der Waals surface area contributed by atoms with E-state index in [0.717, 1.165) is 0 Å². The first kappa shape index (κ1) is 5.93. The highest BCUT2D eigenvalue weighted by Crippen LogP contribution is 1.97. The van der Waals surface area contributed by atoms with Crippen LogP contribution in [0.25, 0.3) is 0 Å². The van der Waals surface area contributed by atoms with Gasteiger partial charge in [-0.25, -0.2) is 0 Å². The summed E-state index contributed by atoms with van der Waals surface area (Å²) in [6.07, 6.45) is 1.88. The van der Waals surface area contributed by atoms with E-state index in [1.165, 1.54) is 0 Å². The van der Waals surface area contributed by atoms with Crippen LogP contribution in [0.5, 0.6) is 0 Å². The summed E-state index contributed by atoms with van der Waals surface area (Å²) >= 11 is 5.22. The molecule has 0 nitrogen and oxygen atoms in total. The van der Waals surface area contributed by atoms with Crippen LogP contribution in [0.1, 0.15) is 0 Å². The second kappa shape index (κ2) is 3.13. The van der Waals surface area contributed by atoms with E-state index in [1.807, 2.05) is 6.26 Å². The Balaban J connectivity index is 2.54. The van der Waals surface area contributed by atoms with Crippen molar-refractivity contribution < 1.29 is 0 Å². The first-order valence-corrected chi connectivity index (χ1v) is 4.28. The highest BCUT2D eigenvalue weighted by Gasteiger charge is 1.98. The monoisotopic (exact) mass is 131 g/mol. The van der Waals surface area contributed by atoms with Crippen molar-refractivity contribution in [3.63, 3.8) is 0 Å². The molecule has 0 aromatic heterocycles. The molecule has 1 unspecified atom stereocenters. The minimum absolute atomic E-state index is 0.0849. The van der Waals surface area contributed by atoms with Crippen molar-refractivity contribution in [1.29, 1.82) is 0 Å². The molecule has 0 rings (SSSR count). The molecule has 0 spiro atoms. The van der Waals surface area contributed by atoms with E-state index in [2.05, 4.69) is 0 Å². The van der Waals surface area contributed by atoms with Crippen LogP contribution in [0, 0.1) is 0 Å². The Morgan fingerprint density at radius 2 is 2.00 bits per heavy atom. The average molecular weight is 132 g/mol. The molecule has 0 aliphatic carbocycles. The van der Waals surface area contributed by atoms with Gasteiger partial charge >= 0.3 is 0 Å². The maximum atomic E-state index is 5.36. The van der Waals surface area contributed by atoms with Gasteiger partial charge in [-0.3, -0.25) is 0 Å². The summed E-state index contributed by atoms with van der Waals surface area (Å²) in [4.78, 5) is 0. The second-order valence-electron chi connectivity index (χ2n) is 0.661. The maximum Gasteiger partial charge on any atom is 0.199 e. The van der Waals surface area contributed by atoms with Gasteiger partial charge in [0.05, 0.1) is 0 Å². The molecule has 0 amide bonds. The Hall–Kier alpha value is 0.930. The molecule has 0 bridgehead atoms. The van der Waals surface area contributed by atoms with Gasteiger partial charge in [0, 0.05) is 0 Å². The van der Waals surface area contributed by atoms with Crippen LogP contribution in [0.2, 0.25) is 0 Å². The van der Waals surface area contributed by atoms with E-state index < -0.39 is 0 Å². The molecule has 0 saturated heterocycles. The Labute approximate surface area is 44.3 Å². The Morgan fingerprint density at radius 1 is 1.80 bits per heavy atom. The number of halogens is 2. The van der Waals surface area contributed by atoms with E-state index in [9.17, 15) is 0 Å². The van der Waals surface area contributed by atoms with Crippen LogP contribution < -0.4 is 0 Å². The molecule has 0 fully saturated rings. The molecule has 0 radical (unpaired) electrons. The van der Waals surface area contributed by atoms with Crippen LogP contribution in [-0.4, -0.2) is 11.5 Å². The van der Waals surface area contributed by atoms with Gasteiger partial charge in [-0.05, 0) is 0 Å². The lowest BCUT2D eigenvalue weighted by molar-refractivity contribution is 2.17. The fourth-order valence-electron chi connectivity index (χ4n) is 0. The summed E-state index contributed by atoms with van der Waals surface area (Å²) in [5.74, 6) is 0. The Kier molecular flexibility index (Phi) is 3.72. The summed E-state index contributed by atoms with van der Waals surface area (Å²) < 4.78 is 0. The van der Waals surface area contributed by atoms with E-state index in [1.54, 1.807) is 0 Å². The van der Waals surface area contributed by atoms with Crippen molar-refractivity contribution in [2.75, 3.05) is 11.5 Å². The van der Waals surface area contributed by atoms with Gasteiger partial charge in [-0.15, -0.1) is 0 Å². The SMILES string of the molecule is C[S+](Cl)CCl. The minimum atomic E-state index is -0.0849. The first-order valence-electron chi connectivity index (χ1n) is 1.12. The van der Waals surface area contributed by atoms with E-state index in [4.69, 9.17) is 22.3 Å². The van der Waals surface area contributed by atoms with Crippen molar-refractivity contribution >= 4 is 32.4 Å². The van der Waals surface area contributed by atoms with Crippen LogP contribution in [-0.2, 0) is 10.1 Å². The van der Waals surface area contributed by atoms with Crippen LogP contribution in [0.3, 0.4) is 0 Å². The van der Waals surface area contributed by atoms with E-state index >= 15 is 0 Å². The van der Waals surface area contributed by atoms with Gasteiger partial charge in [0.15, 0.2) is 15.9 Å². The summed E-state index contributed by atoms with van der Waals surface area (Å²) in [6, 6.07) is 0. The van der Waals surface area contributed by atoms with Crippen LogP contribution >= 0.6 is 22.3 Å². The summed E-state index contributed by atoms with van der Waals surface area (Å²) in [6.45, 7) is 0. The highest BCUT2D eigenvalue weighted by molar-refractivity contribution is 8.18. The molecular weight excluding hydrogens is 127 g/mol. The first-order chi connectivity index (χ1) is 2.27. The molecular formula is C2H5Cl2S+. The molecule has 3 heteroatoms. The summed E-state index contributed by atoms with van der Waals surface area (Å²) in [5.41, 5.74) is 0. The smallest absolute Gasteiger partial charge is 0.0664 e. The van der Waals surface area contributed by atoms with Crippen molar-refractivity contribution in [3.8, 4) is 0 Å². The average Bonchev–Trinajstić information content (AvgIpc) is 1.38. The molecule has 0 saturated carbocycles. The zero-order valence-corrected chi connectivity index (χ0v) is 5.20. The van der Waals surface area contributed by atoms with Crippen LogP contribution in [0.4, 0.5) is 0 Å². The van der Waals surface area contributed by atoms with Gasteiger partial charge in [-0.2, -0.15) is 0 Å². The second-order valence-corrected chi connectivity index (χ2v) is 4.22. The van der Waals surface area contributed by atoms with Crippen molar-refractivity contribution in [1.82, 2.24) is 0 Å². The third kappa shape index (κ3) is 4.93. The van der Waals surface area contributed by atoms with Gasteiger partial charge < -0.3 is 0 Å². The summed E-state index contributed by atoms with van der Waals surface area (Å²) in [5, 5.41) is 0.571. The van der Waals surface area contributed by atoms with Gasteiger partial charge in [-0.1, -0.05) is 11.6 Å². The van der Waals surface area contributed by atoms with Gasteiger partial charge in [0.2, 0.25) is 0 Å². The fraction of sp³-hybridized carbons (Fsp3) is 1.00. The predicted molar refractivity (Wildman–Crippen MR) is 29.9 cm³/mol. The third-order valence-corrected chi connectivity index (χ3v) is 2.10. The zero-order valence-electron chi connectivity index (χ0n) is 2.87. The van der Waals surface area contributed by atoms with Gasteiger partial charge in [0.1, 0.15) is 16.4 Å². The number of alkyl halides is 1. The number of hydrogen-bond acceptors (Lipinski definition) is 0. The largest absolute Gasteiger partial charge is 0.199 e. The van der Waals surface area contributed by atoms with Crippen LogP contribution in [0.15, 0.2) is 0 Å². The predicted octanol–water partition coefficient (Wildman–Crippen LogP) is 1.58. The highest BCUT2D eigenvalue weighted by atomic mass is 35.7. The number of rotatable bonds is 1. The molecule has 0 N–H and O–H groups in total. The maximum absolute atomic E-state index is 5.36. The molecule has 32 valence electrons. The normalized spacial score (nSPS) is 15.0. The molecule has 0 aromatic rings. The Bertz CT molecular complexity index is 21.6. The Morgan fingerprint density at radius 3 is 2.00 bits per heavy atom. The fourth-order valence-corrected chi connectivity index (χ4v) is 0. The topological polar surface area (TPSA) is 0 Å². The summed E-state index contributed by atoms with van der Waals surface area (Å²) in [7, 11) is 5.27. The van der Waals surface area contributed by atoms with Gasteiger partial charge in [0.25, 0.3) is 0 Å². The van der Waals surface area contributed by atoms with Crippen molar-refractivity contribution in [3.05, 3.63) is 0 Å². The zero-order chi connectivity index (χ0) is 4.28. The standard InChI is InChI=1S/C2H5Cl2S/c1-5(4)2-3/h2H2,1H3/q+1. The van der Waals surface area contributed by atoms with E-state index in [-0.39, 0.29) is 10.1 Å². The lowest BCUT2D eigenvalue weighted by atomic mass is 11.9. The molecule has 0 aromatic carbocycles. The minimum Gasteiger partial charge on any atom is -0.0664 e. The lowest BCUT2D eigenvalue weighted by Gasteiger charge is -1.72. The number of hydrogen-bond donors (Lipinski definition) is 0.